The number of hydrogen-bond donors (Lipinski definition) is 2. The molecular weight excluding hydrogens is 535 g/mol. The van der Waals surface area contributed by atoms with Crippen molar-refractivity contribution in [3.05, 3.63) is 93.7 Å². The number of aromatic nitrogens is 2. The summed E-state index contributed by atoms with van der Waals surface area (Å²) >= 11 is 2.22. The molecule has 0 spiro atoms. The smallest absolute Gasteiger partial charge is 0.291 e. The first-order chi connectivity index (χ1) is 16.0. The van der Waals surface area contributed by atoms with E-state index in [0.717, 1.165) is 3.57 Å². The Morgan fingerprint density at radius 1 is 1.00 bits per heavy atom. The Labute approximate surface area is 204 Å². The first-order valence-electron chi connectivity index (χ1n) is 10.2. The van der Waals surface area contributed by atoms with Gasteiger partial charge in [0, 0.05) is 22.0 Å². The third kappa shape index (κ3) is 5.80. The van der Waals surface area contributed by atoms with E-state index in [-0.39, 0.29) is 18.1 Å². The highest BCUT2D eigenvalue weighted by molar-refractivity contribution is 14.1. The van der Waals surface area contributed by atoms with Crippen molar-refractivity contribution in [3.63, 3.8) is 0 Å². The molecule has 2 aromatic carbocycles. The minimum Gasteiger partial charge on any atom is -0.486 e. The maximum Gasteiger partial charge on any atom is 0.291 e. The highest BCUT2D eigenvalue weighted by Crippen LogP contribution is 2.20. The number of halogens is 1. The molecule has 0 aliphatic carbocycles. The van der Waals surface area contributed by atoms with Crippen molar-refractivity contribution < 1.29 is 18.7 Å². The van der Waals surface area contributed by atoms with Crippen LogP contribution in [0.5, 0.6) is 5.75 Å². The van der Waals surface area contributed by atoms with Crippen molar-refractivity contribution in [2.75, 3.05) is 10.6 Å². The van der Waals surface area contributed by atoms with Crippen molar-refractivity contribution >= 4 is 45.8 Å². The number of para-hydroxylation sites is 1. The fourth-order valence-corrected chi connectivity index (χ4v) is 3.36. The molecule has 2 amide bonds. The number of benzene rings is 2. The van der Waals surface area contributed by atoms with E-state index in [1.54, 1.807) is 35.1 Å². The van der Waals surface area contributed by atoms with Gasteiger partial charge in [0.2, 0.25) is 0 Å². The van der Waals surface area contributed by atoms with Gasteiger partial charge in [-0.1, -0.05) is 18.2 Å². The van der Waals surface area contributed by atoms with Crippen LogP contribution in [0.1, 0.15) is 33.7 Å². The lowest BCUT2D eigenvalue weighted by Gasteiger charge is -2.06. The number of anilines is 2. The van der Waals surface area contributed by atoms with E-state index in [9.17, 15) is 9.59 Å². The summed E-state index contributed by atoms with van der Waals surface area (Å²) in [6, 6.07) is 19.9. The van der Waals surface area contributed by atoms with E-state index in [2.05, 4.69) is 38.3 Å². The minimum absolute atomic E-state index is 0.106. The van der Waals surface area contributed by atoms with E-state index in [1.165, 1.54) is 0 Å². The van der Waals surface area contributed by atoms with Crippen LogP contribution in [0.25, 0.3) is 0 Å². The van der Waals surface area contributed by atoms with Crippen LogP contribution in [0.2, 0.25) is 0 Å². The summed E-state index contributed by atoms with van der Waals surface area (Å²) in [4.78, 5) is 25.5. The lowest BCUT2D eigenvalue weighted by atomic mass is 10.3. The van der Waals surface area contributed by atoms with Gasteiger partial charge in [0.05, 0.1) is 5.69 Å². The first-order valence-corrected chi connectivity index (χ1v) is 11.3. The number of nitrogens with one attached hydrogen (secondary N) is 2. The van der Waals surface area contributed by atoms with E-state index in [0.29, 0.717) is 29.4 Å². The molecular formula is C24H21IN4O4. The van der Waals surface area contributed by atoms with Crippen LogP contribution in [0, 0.1) is 3.57 Å². The fraction of sp³-hybridized carbons (Fsp3) is 0.125. The molecule has 0 fully saturated rings. The Morgan fingerprint density at radius 2 is 1.76 bits per heavy atom. The van der Waals surface area contributed by atoms with Crippen LogP contribution >= 0.6 is 22.6 Å². The van der Waals surface area contributed by atoms with Gasteiger partial charge in [0.15, 0.2) is 11.5 Å². The molecule has 4 aromatic rings. The molecule has 168 valence electrons. The third-order valence-electron chi connectivity index (χ3n) is 4.66. The lowest BCUT2D eigenvalue weighted by molar-refractivity contribution is 0.0992. The van der Waals surface area contributed by atoms with Crippen LogP contribution < -0.4 is 15.4 Å². The molecule has 0 aliphatic rings. The Kier molecular flexibility index (Phi) is 7.08. The number of aryl methyl sites for hydroxylation is 1. The monoisotopic (exact) mass is 556 g/mol. The zero-order chi connectivity index (χ0) is 23.2. The van der Waals surface area contributed by atoms with Crippen LogP contribution in [0.3, 0.4) is 0 Å². The van der Waals surface area contributed by atoms with Gasteiger partial charge in [0.1, 0.15) is 18.1 Å². The highest BCUT2D eigenvalue weighted by Gasteiger charge is 2.21. The largest absolute Gasteiger partial charge is 0.486 e. The predicted molar refractivity (Wildman–Crippen MR) is 132 cm³/mol. The Balaban J connectivity index is 1.43. The molecule has 33 heavy (non-hydrogen) atoms. The van der Waals surface area contributed by atoms with Crippen molar-refractivity contribution in [3.8, 4) is 5.75 Å². The van der Waals surface area contributed by atoms with Gasteiger partial charge in [-0.25, -0.2) is 0 Å². The molecule has 4 rings (SSSR count). The van der Waals surface area contributed by atoms with Crippen molar-refractivity contribution in [1.29, 1.82) is 0 Å². The minimum atomic E-state index is -0.486. The molecule has 0 saturated heterocycles. The van der Waals surface area contributed by atoms with Crippen LogP contribution in [0.4, 0.5) is 11.4 Å². The number of carbonyl (C=O) groups excluding carboxylic acids is 2. The number of carbonyl (C=O) groups is 2. The molecule has 0 bridgehead atoms. The predicted octanol–water partition coefficient (Wildman–Crippen LogP) is 5.18. The number of hydrogen-bond acceptors (Lipinski definition) is 5. The number of ether oxygens (including phenoxy) is 1. The normalized spacial score (nSPS) is 10.6. The van der Waals surface area contributed by atoms with E-state index < -0.39 is 11.8 Å². The van der Waals surface area contributed by atoms with Crippen LogP contribution in [-0.4, -0.2) is 21.6 Å². The van der Waals surface area contributed by atoms with Crippen LogP contribution in [0.15, 0.2) is 77.3 Å². The Morgan fingerprint density at radius 3 is 2.48 bits per heavy atom. The molecule has 8 nitrogen and oxygen atoms in total. The zero-order valence-electron chi connectivity index (χ0n) is 17.7. The van der Waals surface area contributed by atoms with E-state index >= 15 is 0 Å². The Bertz CT molecular complexity index is 1250. The second-order valence-electron chi connectivity index (χ2n) is 7.03. The zero-order valence-corrected chi connectivity index (χ0v) is 19.9. The molecule has 0 saturated carbocycles. The van der Waals surface area contributed by atoms with Gasteiger partial charge in [0.25, 0.3) is 11.8 Å². The van der Waals surface area contributed by atoms with E-state index in [4.69, 9.17) is 9.15 Å². The molecule has 2 N–H and O–H groups in total. The summed E-state index contributed by atoms with van der Waals surface area (Å²) in [6.45, 7) is 2.62. The van der Waals surface area contributed by atoms with Crippen molar-refractivity contribution in [2.45, 2.75) is 20.1 Å². The molecule has 9 heteroatoms. The van der Waals surface area contributed by atoms with Gasteiger partial charge in [-0.05, 0) is 78.0 Å². The number of furan rings is 1. The summed E-state index contributed by atoms with van der Waals surface area (Å²) in [6.07, 6.45) is 1.61. The molecule has 2 aromatic heterocycles. The maximum absolute atomic E-state index is 12.8. The second kappa shape index (κ2) is 10.3. The summed E-state index contributed by atoms with van der Waals surface area (Å²) < 4.78 is 14.0. The summed E-state index contributed by atoms with van der Waals surface area (Å²) in [5, 5.41) is 9.79. The molecule has 2 heterocycles. The van der Waals surface area contributed by atoms with Gasteiger partial charge >= 0.3 is 0 Å². The average Bonchev–Trinajstić information content (AvgIpc) is 3.46. The van der Waals surface area contributed by atoms with Gasteiger partial charge in [-0.15, -0.1) is 0 Å². The molecule has 0 aliphatic heterocycles. The van der Waals surface area contributed by atoms with Crippen molar-refractivity contribution in [2.24, 2.45) is 0 Å². The topological polar surface area (TPSA) is 98.4 Å². The van der Waals surface area contributed by atoms with Gasteiger partial charge in [-0.3, -0.25) is 14.3 Å². The standard InChI is InChI=1S/C24H21IN4O4/c1-2-29-14-20(22(28-29)24(31)26-17-6-4-3-5-7-17)27-23(30)21-13-12-19(33-21)15-32-18-10-8-16(25)9-11-18/h3-14H,2,15H2,1H3,(H,26,31)(H,27,30). The van der Waals surface area contributed by atoms with Crippen LogP contribution in [-0.2, 0) is 13.2 Å². The first kappa shape index (κ1) is 22.6. The lowest BCUT2D eigenvalue weighted by Crippen LogP contribution is -2.17. The Hall–Kier alpha value is -3.60. The van der Waals surface area contributed by atoms with E-state index in [1.807, 2.05) is 49.4 Å². The fourth-order valence-electron chi connectivity index (χ4n) is 3.00. The third-order valence-corrected chi connectivity index (χ3v) is 5.38. The molecule has 0 atom stereocenters. The summed E-state index contributed by atoms with van der Waals surface area (Å²) in [5.41, 5.74) is 1.04. The highest BCUT2D eigenvalue weighted by atomic mass is 127. The molecule has 0 radical (unpaired) electrons. The van der Waals surface area contributed by atoms with Crippen molar-refractivity contribution in [1.82, 2.24) is 9.78 Å². The van der Waals surface area contributed by atoms with Gasteiger partial charge in [-0.2, -0.15) is 5.10 Å². The van der Waals surface area contributed by atoms with Gasteiger partial charge < -0.3 is 19.8 Å². The SMILES string of the molecule is CCn1cc(NC(=O)c2ccc(COc3ccc(I)cc3)o2)c(C(=O)Nc2ccccc2)n1. The maximum atomic E-state index is 12.8. The number of amides is 2. The molecule has 0 unspecified atom stereocenters. The number of nitrogens with zero attached hydrogens (tertiary/aromatic N) is 2. The quantitative estimate of drug-likeness (QED) is 0.292. The summed E-state index contributed by atoms with van der Waals surface area (Å²) in [5.74, 6) is 0.411. The number of rotatable bonds is 8. The second-order valence-corrected chi connectivity index (χ2v) is 8.28. The summed E-state index contributed by atoms with van der Waals surface area (Å²) in [7, 11) is 0. The average molecular weight is 556 g/mol.